The molecule has 0 fully saturated rings. The first kappa shape index (κ1) is 23.0. The molecule has 2 amide bonds. The van der Waals surface area contributed by atoms with E-state index in [-0.39, 0.29) is 21.7 Å². The van der Waals surface area contributed by atoms with Crippen LogP contribution in [0, 0.1) is 19.7 Å². The maximum absolute atomic E-state index is 13.8. The van der Waals surface area contributed by atoms with E-state index in [2.05, 4.69) is 15.4 Å². The normalized spacial score (nSPS) is 11.0. The number of sulfonamides is 1. The van der Waals surface area contributed by atoms with Crippen molar-refractivity contribution in [3.05, 3.63) is 88.7 Å². The third-order valence-electron chi connectivity index (χ3n) is 4.88. The van der Waals surface area contributed by atoms with Gasteiger partial charge >= 0.3 is 0 Å². The third kappa shape index (κ3) is 5.12. The van der Waals surface area contributed by atoms with Gasteiger partial charge in [0, 0.05) is 24.0 Å². The zero-order valence-electron chi connectivity index (χ0n) is 17.7. The number of amides is 2. The maximum atomic E-state index is 13.8. The Morgan fingerprint density at radius 2 is 1.47 bits per heavy atom. The van der Waals surface area contributed by atoms with Crippen LogP contribution in [0.2, 0.25) is 0 Å². The highest BCUT2D eigenvalue weighted by Crippen LogP contribution is 2.20. The zero-order chi connectivity index (χ0) is 23.5. The van der Waals surface area contributed by atoms with Crippen molar-refractivity contribution < 1.29 is 22.4 Å². The van der Waals surface area contributed by atoms with Gasteiger partial charge in [0.15, 0.2) is 0 Å². The molecule has 0 spiro atoms. The largest absolute Gasteiger partial charge is 0.355 e. The monoisotopic (exact) mass is 455 g/mol. The Morgan fingerprint density at radius 1 is 0.812 bits per heavy atom. The lowest BCUT2D eigenvalue weighted by Gasteiger charge is -2.11. The lowest BCUT2D eigenvalue weighted by molar-refractivity contribution is 0.0957. The minimum absolute atomic E-state index is 0.144. The molecule has 0 heterocycles. The first-order valence-electron chi connectivity index (χ1n) is 9.64. The number of aryl methyl sites for hydroxylation is 2. The number of anilines is 2. The highest BCUT2D eigenvalue weighted by Gasteiger charge is 2.16. The molecule has 0 unspecified atom stereocenters. The smallest absolute Gasteiger partial charge is 0.261 e. The number of rotatable bonds is 6. The molecule has 0 radical (unpaired) electrons. The highest BCUT2D eigenvalue weighted by molar-refractivity contribution is 7.92. The summed E-state index contributed by atoms with van der Waals surface area (Å²) in [6.45, 7) is 3.73. The van der Waals surface area contributed by atoms with Crippen LogP contribution in [-0.2, 0) is 10.0 Å². The van der Waals surface area contributed by atoms with Crippen molar-refractivity contribution in [3.63, 3.8) is 0 Å². The van der Waals surface area contributed by atoms with Crippen LogP contribution >= 0.6 is 0 Å². The number of benzene rings is 3. The van der Waals surface area contributed by atoms with E-state index in [4.69, 9.17) is 0 Å². The molecule has 3 aromatic carbocycles. The molecule has 0 aliphatic heterocycles. The molecule has 7 nitrogen and oxygen atoms in total. The van der Waals surface area contributed by atoms with Gasteiger partial charge in [-0.2, -0.15) is 0 Å². The quantitative estimate of drug-likeness (QED) is 0.525. The molecule has 0 bridgehead atoms. The average Bonchev–Trinajstić information content (AvgIpc) is 2.76. The van der Waals surface area contributed by atoms with Crippen LogP contribution in [0.15, 0.2) is 65.6 Å². The molecule has 166 valence electrons. The maximum Gasteiger partial charge on any atom is 0.261 e. The highest BCUT2D eigenvalue weighted by atomic mass is 32.2. The molecule has 0 saturated heterocycles. The van der Waals surface area contributed by atoms with Crippen LogP contribution in [0.25, 0.3) is 0 Å². The molecule has 0 saturated carbocycles. The van der Waals surface area contributed by atoms with Crippen molar-refractivity contribution in [2.75, 3.05) is 17.1 Å². The van der Waals surface area contributed by atoms with Crippen molar-refractivity contribution in [1.82, 2.24) is 5.32 Å². The lowest BCUT2D eigenvalue weighted by atomic mass is 10.1. The van der Waals surface area contributed by atoms with Crippen molar-refractivity contribution in [2.45, 2.75) is 18.7 Å². The Balaban J connectivity index is 1.73. The van der Waals surface area contributed by atoms with E-state index < -0.39 is 27.7 Å². The fraction of sp³-hybridized carbons (Fsp3) is 0.130. The molecular formula is C23H22FN3O4S. The summed E-state index contributed by atoms with van der Waals surface area (Å²) in [7, 11) is -2.40. The van der Waals surface area contributed by atoms with Crippen molar-refractivity contribution in [2.24, 2.45) is 0 Å². The standard InChI is InChI=1S/C23H22FN3O4S/c1-14-4-10-19(12-15(14)2)32(30,31)27-17-7-5-16(6-8-17)22(28)26-18-9-11-21(24)20(13-18)23(29)25-3/h4-13,27H,1-3H3,(H,25,29)(H,26,28). The van der Waals surface area contributed by atoms with E-state index in [9.17, 15) is 22.4 Å². The average molecular weight is 456 g/mol. The van der Waals surface area contributed by atoms with E-state index in [1.807, 2.05) is 13.8 Å². The van der Waals surface area contributed by atoms with E-state index in [0.29, 0.717) is 5.69 Å². The summed E-state index contributed by atoms with van der Waals surface area (Å²) < 4.78 is 41.5. The van der Waals surface area contributed by atoms with Crippen LogP contribution in [0.3, 0.4) is 0 Å². The van der Waals surface area contributed by atoms with Gasteiger partial charge in [-0.1, -0.05) is 6.07 Å². The van der Waals surface area contributed by atoms with E-state index in [1.54, 1.807) is 12.1 Å². The summed E-state index contributed by atoms with van der Waals surface area (Å²) in [5.74, 6) is -1.82. The van der Waals surface area contributed by atoms with Crippen LogP contribution in [0.1, 0.15) is 31.8 Å². The first-order valence-corrected chi connectivity index (χ1v) is 11.1. The molecule has 3 aromatic rings. The molecule has 32 heavy (non-hydrogen) atoms. The molecule has 0 aromatic heterocycles. The Hall–Kier alpha value is -3.72. The first-order chi connectivity index (χ1) is 15.1. The van der Waals surface area contributed by atoms with Crippen molar-refractivity contribution >= 4 is 33.2 Å². The molecule has 0 aliphatic rings. The second-order valence-corrected chi connectivity index (χ2v) is 8.84. The Kier molecular flexibility index (Phi) is 6.59. The van der Waals surface area contributed by atoms with Crippen LogP contribution < -0.4 is 15.4 Å². The van der Waals surface area contributed by atoms with Gasteiger partial charge in [0.2, 0.25) is 0 Å². The van der Waals surface area contributed by atoms with Gasteiger partial charge in [0.25, 0.3) is 21.8 Å². The third-order valence-corrected chi connectivity index (χ3v) is 6.26. The number of nitrogens with one attached hydrogen (secondary N) is 3. The summed E-state index contributed by atoms with van der Waals surface area (Å²) in [5.41, 5.74) is 2.45. The molecule has 9 heteroatoms. The predicted octanol–water partition coefficient (Wildman–Crippen LogP) is 3.86. The van der Waals surface area contributed by atoms with Gasteiger partial charge in [-0.3, -0.25) is 14.3 Å². The Bertz CT molecular complexity index is 1290. The van der Waals surface area contributed by atoms with Crippen LogP contribution in [-0.4, -0.2) is 27.3 Å². The minimum atomic E-state index is -3.78. The summed E-state index contributed by atoms with van der Waals surface area (Å²) in [5, 5.41) is 4.91. The van der Waals surface area contributed by atoms with Gasteiger partial charge in [0.05, 0.1) is 10.5 Å². The summed E-state index contributed by atoms with van der Waals surface area (Å²) in [4.78, 5) is 24.3. The second-order valence-electron chi connectivity index (χ2n) is 7.16. The number of carbonyl (C=O) groups is 2. The Morgan fingerprint density at radius 3 is 2.09 bits per heavy atom. The molecule has 0 aliphatic carbocycles. The van der Waals surface area contributed by atoms with E-state index in [1.165, 1.54) is 49.5 Å². The second kappa shape index (κ2) is 9.19. The van der Waals surface area contributed by atoms with E-state index >= 15 is 0 Å². The number of hydrogen-bond acceptors (Lipinski definition) is 4. The Labute approximate surface area is 185 Å². The predicted molar refractivity (Wildman–Crippen MR) is 121 cm³/mol. The lowest BCUT2D eigenvalue weighted by Crippen LogP contribution is -2.20. The molecule has 3 N–H and O–H groups in total. The molecular weight excluding hydrogens is 433 g/mol. The fourth-order valence-corrected chi connectivity index (χ4v) is 4.04. The van der Waals surface area contributed by atoms with Crippen molar-refractivity contribution in [3.8, 4) is 0 Å². The number of carbonyl (C=O) groups excluding carboxylic acids is 2. The summed E-state index contributed by atoms with van der Waals surface area (Å²) in [6, 6.07) is 14.4. The van der Waals surface area contributed by atoms with Gasteiger partial charge in [0.1, 0.15) is 5.82 Å². The van der Waals surface area contributed by atoms with Gasteiger partial charge < -0.3 is 10.6 Å². The number of hydrogen-bond donors (Lipinski definition) is 3. The van der Waals surface area contributed by atoms with E-state index in [0.717, 1.165) is 17.2 Å². The SMILES string of the molecule is CNC(=O)c1cc(NC(=O)c2ccc(NS(=O)(=O)c3ccc(C)c(C)c3)cc2)ccc1F. The van der Waals surface area contributed by atoms with Gasteiger partial charge in [-0.15, -0.1) is 0 Å². The fourth-order valence-electron chi connectivity index (χ4n) is 2.90. The molecule has 3 rings (SSSR count). The summed E-state index contributed by atoms with van der Waals surface area (Å²) >= 11 is 0. The van der Waals surface area contributed by atoms with Crippen molar-refractivity contribution in [1.29, 1.82) is 0 Å². The minimum Gasteiger partial charge on any atom is -0.355 e. The summed E-state index contributed by atoms with van der Waals surface area (Å²) in [6.07, 6.45) is 0. The van der Waals surface area contributed by atoms with Crippen LogP contribution in [0.5, 0.6) is 0 Å². The van der Waals surface area contributed by atoms with Gasteiger partial charge in [-0.05, 0) is 79.6 Å². The van der Waals surface area contributed by atoms with Gasteiger partial charge in [-0.25, -0.2) is 12.8 Å². The molecule has 0 atom stereocenters. The zero-order valence-corrected chi connectivity index (χ0v) is 18.5. The number of halogens is 1. The van der Waals surface area contributed by atoms with Crippen LogP contribution in [0.4, 0.5) is 15.8 Å². The topological polar surface area (TPSA) is 104 Å².